The summed E-state index contributed by atoms with van der Waals surface area (Å²) in [6, 6.07) is 0. The highest BCUT2D eigenvalue weighted by molar-refractivity contribution is 5.83. The number of carbonyl (C=O) groups is 2. The standard InChI is InChI=1S/C21H36O3/c1-3-5-6-7-10-13-18-16-17-20(22)19(18)14-11-8-9-12-15-21(23)24-4-2/h10,13,18-19H,3-9,11-12,14-17H2,1-2H3/t18-,19+/m0/s1. The third-order valence-corrected chi connectivity index (χ3v) is 4.96. The number of ketones is 1. The third kappa shape index (κ3) is 8.65. The summed E-state index contributed by atoms with van der Waals surface area (Å²) in [5, 5.41) is 0. The van der Waals surface area contributed by atoms with E-state index in [1.165, 1.54) is 19.3 Å². The molecule has 0 aliphatic heterocycles. The number of hydrogen-bond donors (Lipinski definition) is 0. The SMILES string of the molecule is CCCCCC=C[C@H]1CCC(=O)[C@@H]1CCCCCCC(=O)OCC. The molecule has 0 aromatic carbocycles. The van der Waals surface area contributed by atoms with Gasteiger partial charge in [-0.25, -0.2) is 0 Å². The van der Waals surface area contributed by atoms with Gasteiger partial charge in [0, 0.05) is 18.8 Å². The van der Waals surface area contributed by atoms with Crippen LogP contribution in [0.2, 0.25) is 0 Å². The molecule has 0 aromatic rings. The van der Waals surface area contributed by atoms with Crippen molar-refractivity contribution in [3.05, 3.63) is 12.2 Å². The van der Waals surface area contributed by atoms with E-state index in [-0.39, 0.29) is 11.9 Å². The van der Waals surface area contributed by atoms with Crippen LogP contribution in [0, 0.1) is 11.8 Å². The number of ether oxygens (including phenoxy) is 1. The van der Waals surface area contributed by atoms with Gasteiger partial charge < -0.3 is 4.74 Å². The van der Waals surface area contributed by atoms with Gasteiger partial charge in [0.05, 0.1) is 6.61 Å². The molecular formula is C21H36O3. The number of unbranched alkanes of at least 4 members (excludes halogenated alkanes) is 6. The summed E-state index contributed by atoms with van der Waals surface area (Å²) in [5.41, 5.74) is 0. The summed E-state index contributed by atoms with van der Waals surface area (Å²) in [6.45, 7) is 4.53. The van der Waals surface area contributed by atoms with E-state index < -0.39 is 0 Å². The van der Waals surface area contributed by atoms with Crippen LogP contribution in [-0.4, -0.2) is 18.4 Å². The third-order valence-electron chi connectivity index (χ3n) is 4.96. The molecule has 3 nitrogen and oxygen atoms in total. The van der Waals surface area contributed by atoms with Gasteiger partial charge in [-0.3, -0.25) is 9.59 Å². The first-order chi connectivity index (χ1) is 11.7. The summed E-state index contributed by atoms with van der Waals surface area (Å²) in [7, 11) is 0. The maximum atomic E-state index is 12.1. The van der Waals surface area contributed by atoms with Gasteiger partial charge in [-0.15, -0.1) is 0 Å². The van der Waals surface area contributed by atoms with E-state index in [4.69, 9.17) is 4.74 Å². The second-order valence-corrected chi connectivity index (χ2v) is 6.96. The lowest BCUT2D eigenvalue weighted by Crippen LogP contribution is -2.13. The molecule has 0 aromatic heterocycles. The Labute approximate surface area is 148 Å². The average molecular weight is 337 g/mol. The minimum Gasteiger partial charge on any atom is -0.466 e. The minimum atomic E-state index is -0.0863. The normalized spacial score (nSPS) is 20.8. The molecule has 2 atom stereocenters. The maximum Gasteiger partial charge on any atom is 0.305 e. The van der Waals surface area contributed by atoms with Crippen LogP contribution in [0.3, 0.4) is 0 Å². The number of esters is 1. The van der Waals surface area contributed by atoms with Gasteiger partial charge in [-0.2, -0.15) is 0 Å². The molecule has 0 amide bonds. The summed E-state index contributed by atoms with van der Waals surface area (Å²) in [4.78, 5) is 23.4. The first kappa shape index (κ1) is 20.9. The second kappa shape index (κ2) is 13.2. The molecule has 0 bridgehead atoms. The second-order valence-electron chi connectivity index (χ2n) is 6.96. The van der Waals surface area contributed by atoms with Gasteiger partial charge >= 0.3 is 5.97 Å². The average Bonchev–Trinajstić information content (AvgIpc) is 2.91. The van der Waals surface area contributed by atoms with Crippen molar-refractivity contribution < 1.29 is 14.3 Å². The van der Waals surface area contributed by atoms with Crippen LogP contribution in [0.25, 0.3) is 0 Å². The van der Waals surface area contributed by atoms with Crippen LogP contribution in [0.5, 0.6) is 0 Å². The predicted molar refractivity (Wildman–Crippen MR) is 98.8 cm³/mol. The highest BCUT2D eigenvalue weighted by Crippen LogP contribution is 2.34. The zero-order chi connectivity index (χ0) is 17.6. The molecule has 24 heavy (non-hydrogen) atoms. The Morgan fingerprint density at radius 2 is 1.92 bits per heavy atom. The lowest BCUT2D eigenvalue weighted by molar-refractivity contribution is -0.143. The van der Waals surface area contributed by atoms with Crippen LogP contribution >= 0.6 is 0 Å². The number of allylic oxidation sites excluding steroid dienone is 2. The van der Waals surface area contributed by atoms with Gasteiger partial charge in [0.25, 0.3) is 0 Å². The molecule has 0 spiro atoms. The van der Waals surface area contributed by atoms with E-state index in [0.29, 0.717) is 24.7 Å². The quantitative estimate of drug-likeness (QED) is 0.249. The van der Waals surface area contributed by atoms with Crippen molar-refractivity contribution in [1.29, 1.82) is 0 Å². The van der Waals surface area contributed by atoms with Crippen molar-refractivity contribution in [3.63, 3.8) is 0 Å². The molecule has 0 N–H and O–H groups in total. The first-order valence-corrected chi connectivity index (χ1v) is 10.0. The van der Waals surface area contributed by atoms with Crippen LogP contribution < -0.4 is 0 Å². The zero-order valence-corrected chi connectivity index (χ0v) is 15.7. The largest absolute Gasteiger partial charge is 0.466 e. The minimum absolute atomic E-state index is 0.0863. The van der Waals surface area contributed by atoms with Crippen LogP contribution in [0.4, 0.5) is 0 Å². The lowest BCUT2D eigenvalue weighted by Gasteiger charge is -2.14. The van der Waals surface area contributed by atoms with E-state index in [2.05, 4.69) is 19.1 Å². The van der Waals surface area contributed by atoms with Crippen LogP contribution in [0.1, 0.15) is 90.9 Å². The monoisotopic (exact) mass is 336 g/mol. The van der Waals surface area contributed by atoms with Gasteiger partial charge in [-0.05, 0) is 44.9 Å². The molecule has 1 fully saturated rings. The molecule has 0 heterocycles. The Balaban J connectivity index is 2.17. The Hall–Kier alpha value is -1.12. The molecule has 1 aliphatic rings. The van der Waals surface area contributed by atoms with Gasteiger partial charge in [-0.1, -0.05) is 51.2 Å². The van der Waals surface area contributed by atoms with Crippen molar-refractivity contribution in [2.75, 3.05) is 6.61 Å². The van der Waals surface area contributed by atoms with Crippen molar-refractivity contribution in [2.24, 2.45) is 11.8 Å². The van der Waals surface area contributed by atoms with E-state index in [1.54, 1.807) is 0 Å². The van der Waals surface area contributed by atoms with E-state index in [0.717, 1.165) is 51.4 Å². The molecule has 1 rings (SSSR count). The molecule has 3 heteroatoms. The molecule has 0 radical (unpaired) electrons. The first-order valence-electron chi connectivity index (χ1n) is 10.0. The zero-order valence-electron chi connectivity index (χ0n) is 15.7. The molecule has 1 aliphatic carbocycles. The molecule has 0 unspecified atom stereocenters. The van der Waals surface area contributed by atoms with Gasteiger partial charge in [0.15, 0.2) is 0 Å². The lowest BCUT2D eigenvalue weighted by atomic mass is 9.89. The van der Waals surface area contributed by atoms with E-state index in [1.807, 2.05) is 6.92 Å². The van der Waals surface area contributed by atoms with E-state index in [9.17, 15) is 9.59 Å². The topological polar surface area (TPSA) is 43.4 Å². The molecule has 138 valence electrons. The van der Waals surface area contributed by atoms with Gasteiger partial charge in [0.2, 0.25) is 0 Å². The number of rotatable bonds is 13. The number of carbonyl (C=O) groups excluding carboxylic acids is 2. The van der Waals surface area contributed by atoms with Crippen molar-refractivity contribution in [3.8, 4) is 0 Å². The fraction of sp³-hybridized carbons (Fsp3) is 0.810. The molecular weight excluding hydrogens is 300 g/mol. The fourth-order valence-electron chi connectivity index (χ4n) is 3.54. The Kier molecular flexibility index (Phi) is 11.5. The number of hydrogen-bond acceptors (Lipinski definition) is 3. The number of Topliss-reactive ketones (excluding diaryl/α,β-unsaturated/α-hetero) is 1. The predicted octanol–water partition coefficient (Wildman–Crippen LogP) is 5.62. The Bertz CT molecular complexity index is 387. The Morgan fingerprint density at radius 3 is 2.67 bits per heavy atom. The molecule has 1 saturated carbocycles. The maximum absolute atomic E-state index is 12.1. The highest BCUT2D eigenvalue weighted by Gasteiger charge is 2.31. The Morgan fingerprint density at radius 1 is 1.12 bits per heavy atom. The summed E-state index contributed by atoms with van der Waals surface area (Å²) >= 11 is 0. The van der Waals surface area contributed by atoms with E-state index >= 15 is 0 Å². The summed E-state index contributed by atoms with van der Waals surface area (Å²) in [6.07, 6.45) is 17.1. The van der Waals surface area contributed by atoms with Crippen molar-refractivity contribution in [1.82, 2.24) is 0 Å². The van der Waals surface area contributed by atoms with Crippen molar-refractivity contribution >= 4 is 11.8 Å². The summed E-state index contributed by atoms with van der Waals surface area (Å²) < 4.78 is 4.93. The van der Waals surface area contributed by atoms with Crippen LogP contribution in [-0.2, 0) is 14.3 Å². The van der Waals surface area contributed by atoms with Crippen molar-refractivity contribution in [2.45, 2.75) is 90.9 Å². The molecule has 0 saturated heterocycles. The summed E-state index contributed by atoms with van der Waals surface area (Å²) in [5.74, 6) is 1.10. The van der Waals surface area contributed by atoms with Crippen LogP contribution in [0.15, 0.2) is 12.2 Å². The fourth-order valence-corrected chi connectivity index (χ4v) is 3.54. The highest BCUT2D eigenvalue weighted by atomic mass is 16.5. The van der Waals surface area contributed by atoms with Gasteiger partial charge in [0.1, 0.15) is 5.78 Å². The smallest absolute Gasteiger partial charge is 0.305 e.